The lowest BCUT2D eigenvalue weighted by atomic mass is 10.2. The van der Waals surface area contributed by atoms with Crippen LogP contribution < -0.4 is 0 Å². The van der Waals surface area contributed by atoms with E-state index >= 15 is 0 Å². The van der Waals surface area contributed by atoms with Crippen molar-refractivity contribution < 1.29 is 9.90 Å². The van der Waals surface area contributed by atoms with Gasteiger partial charge in [0.2, 0.25) is 5.91 Å². The maximum Gasteiger partial charge on any atom is 0.226 e. The van der Waals surface area contributed by atoms with Crippen molar-refractivity contribution in [2.75, 3.05) is 13.2 Å². The summed E-state index contributed by atoms with van der Waals surface area (Å²) >= 11 is 3.43. The molecule has 3 nitrogen and oxygen atoms in total. The molecule has 0 saturated heterocycles. The number of amides is 1. The van der Waals surface area contributed by atoms with Crippen LogP contribution in [0.25, 0.3) is 0 Å². The smallest absolute Gasteiger partial charge is 0.226 e. The minimum atomic E-state index is 0.0147. The minimum absolute atomic E-state index is 0.0147. The van der Waals surface area contributed by atoms with Gasteiger partial charge in [-0.1, -0.05) is 35.0 Å². The third kappa shape index (κ3) is 3.33. The molecule has 0 unspecified atom stereocenters. The Morgan fingerprint density at radius 2 is 2.28 bits per heavy atom. The standard InChI is InChI=1S/C14H18BrNO2/c1-10-7-13(10)14(18)16(5-6-17)9-11-3-2-4-12(15)8-11/h2-4,8,10,13,17H,5-7,9H2,1H3/t10-,13+/m0/s1. The summed E-state index contributed by atoms with van der Waals surface area (Å²) in [5.74, 6) is 0.849. The van der Waals surface area contributed by atoms with Gasteiger partial charge in [-0.15, -0.1) is 0 Å². The van der Waals surface area contributed by atoms with Gasteiger partial charge < -0.3 is 10.0 Å². The van der Waals surface area contributed by atoms with E-state index in [1.807, 2.05) is 24.3 Å². The first-order chi connectivity index (χ1) is 8.61. The lowest BCUT2D eigenvalue weighted by Gasteiger charge is -2.22. The number of nitrogens with zero attached hydrogens (tertiary/aromatic N) is 1. The molecule has 1 aromatic carbocycles. The molecule has 1 aliphatic rings. The molecule has 1 N–H and O–H groups in total. The summed E-state index contributed by atoms with van der Waals surface area (Å²) in [5.41, 5.74) is 1.08. The van der Waals surface area contributed by atoms with E-state index in [4.69, 9.17) is 5.11 Å². The highest BCUT2D eigenvalue weighted by atomic mass is 79.9. The van der Waals surface area contributed by atoms with Crippen LogP contribution in [0.1, 0.15) is 18.9 Å². The van der Waals surface area contributed by atoms with Crippen molar-refractivity contribution in [1.29, 1.82) is 0 Å². The summed E-state index contributed by atoms with van der Waals surface area (Å²) in [7, 11) is 0. The molecule has 1 aromatic rings. The first-order valence-corrected chi connectivity index (χ1v) is 7.05. The van der Waals surface area contributed by atoms with Gasteiger partial charge in [0.1, 0.15) is 0 Å². The second-order valence-corrected chi connectivity index (χ2v) is 5.85. The SMILES string of the molecule is C[C@H]1C[C@H]1C(=O)N(CCO)Cc1cccc(Br)c1. The summed E-state index contributed by atoms with van der Waals surface area (Å²) in [4.78, 5) is 14.0. The number of carbonyl (C=O) groups excluding carboxylic acids is 1. The Labute approximate surface area is 116 Å². The van der Waals surface area contributed by atoms with Crippen LogP contribution >= 0.6 is 15.9 Å². The highest BCUT2D eigenvalue weighted by Gasteiger charge is 2.41. The van der Waals surface area contributed by atoms with E-state index < -0.39 is 0 Å². The Hall–Kier alpha value is -0.870. The number of hydrogen-bond acceptors (Lipinski definition) is 2. The quantitative estimate of drug-likeness (QED) is 0.907. The van der Waals surface area contributed by atoms with E-state index in [2.05, 4.69) is 22.9 Å². The first-order valence-electron chi connectivity index (χ1n) is 6.26. The molecule has 0 bridgehead atoms. The number of carbonyl (C=O) groups is 1. The lowest BCUT2D eigenvalue weighted by Crippen LogP contribution is -2.34. The monoisotopic (exact) mass is 311 g/mol. The normalized spacial score (nSPS) is 21.7. The van der Waals surface area contributed by atoms with Crippen LogP contribution in [0.5, 0.6) is 0 Å². The Bertz CT molecular complexity index is 436. The van der Waals surface area contributed by atoms with E-state index in [0.29, 0.717) is 19.0 Å². The van der Waals surface area contributed by atoms with Crippen LogP contribution in [0.3, 0.4) is 0 Å². The van der Waals surface area contributed by atoms with Crippen molar-refractivity contribution in [3.8, 4) is 0 Å². The van der Waals surface area contributed by atoms with E-state index in [9.17, 15) is 4.79 Å². The number of aliphatic hydroxyl groups excluding tert-OH is 1. The van der Waals surface area contributed by atoms with Crippen molar-refractivity contribution >= 4 is 21.8 Å². The maximum atomic E-state index is 12.2. The average molecular weight is 312 g/mol. The number of halogens is 1. The highest BCUT2D eigenvalue weighted by molar-refractivity contribution is 9.10. The second-order valence-electron chi connectivity index (χ2n) is 4.93. The fourth-order valence-electron chi connectivity index (χ4n) is 2.14. The molecule has 1 saturated carbocycles. The average Bonchev–Trinajstić information content (AvgIpc) is 3.05. The molecule has 2 atom stereocenters. The maximum absolute atomic E-state index is 12.2. The number of rotatable bonds is 5. The predicted octanol–water partition coefficient (Wildman–Crippen LogP) is 2.43. The molecule has 0 aliphatic heterocycles. The third-order valence-corrected chi connectivity index (χ3v) is 3.86. The Kier molecular flexibility index (Phi) is 4.40. The van der Waals surface area contributed by atoms with Gasteiger partial charge in [-0.2, -0.15) is 0 Å². The van der Waals surface area contributed by atoms with Gasteiger partial charge in [0.25, 0.3) is 0 Å². The van der Waals surface area contributed by atoms with Crippen LogP contribution in [0.4, 0.5) is 0 Å². The van der Waals surface area contributed by atoms with E-state index in [1.54, 1.807) is 4.90 Å². The van der Waals surface area contributed by atoms with Gasteiger partial charge in [0.05, 0.1) is 6.61 Å². The molecule has 0 radical (unpaired) electrons. The van der Waals surface area contributed by atoms with Crippen LogP contribution in [-0.2, 0) is 11.3 Å². The van der Waals surface area contributed by atoms with E-state index in [1.165, 1.54) is 0 Å². The van der Waals surface area contributed by atoms with Gasteiger partial charge in [-0.25, -0.2) is 0 Å². The van der Waals surface area contributed by atoms with E-state index in [-0.39, 0.29) is 18.4 Å². The van der Waals surface area contributed by atoms with Crippen LogP contribution in [0, 0.1) is 11.8 Å². The molecular weight excluding hydrogens is 294 g/mol. The topological polar surface area (TPSA) is 40.5 Å². The molecule has 0 heterocycles. The summed E-state index contributed by atoms with van der Waals surface area (Å²) < 4.78 is 1.01. The molecule has 18 heavy (non-hydrogen) atoms. The van der Waals surface area contributed by atoms with Gasteiger partial charge in [-0.05, 0) is 30.0 Å². The lowest BCUT2D eigenvalue weighted by molar-refractivity contribution is -0.134. The molecule has 2 rings (SSSR count). The number of hydrogen-bond donors (Lipinski definition) is 1. The molecule has 1 fully saturated rings. The van der Waals surface area contributed by atoms with Gasteiger partial charge >= 0.3 is 0 Å². The Morgan fingerprint density at radius 1 is 1.56 bits per heavy atom. The zero-order valence-corrected chi connectivity index (χ0v) is 12.1. The summed E-state index contributed by atoms with van der Waals surface area (Å²) in [6.07, 6.45) is 0.985. The number of aliphatic hydroxyl groups is 1. The minimum Gasteiger partial charge on any atom is -0.395 e. The molecule has 1 amide bonds. The molecule has 0 aromatic heterocycles. The summed E-state index contributed by atoms with van der Waals surface area (Å²) in [6.45, 7) is 3.09. The van der Waals surface area contributed by atoms with Crippen molar-refractivity contribution in [3.05, 3.63) is 34.3 Å². The van der Waals surface area contributed by atoms with Crippen molar-refractivity contribution in [1.82, 2.24) is 4.90 Å². The van der Waals surface area contributed by atoms with Crippen molar-refractivity contribution in [3.63, 3.8) is 0 Å². The van der Waals surface area contributed by atoms with Crippen LogP contribution in [-0.4, -0.2) is 29.1 Å². The highest BCUT2D eigenvalue weighted by Crippen LogP contribution is 2.39. The van der Waals surface area contributed by atoms with Crippen LogP contribution in [0.2, 0.25) is 0 Å². The molecular formula is C14H18BrNO2. The molecule has 4 heteroatoms. The van der Waals surface area contributed by atoms with Crippen molar-refractivity contribution in [2.45, 2.75) is 19.9 Å². The van der Waals surface area contributed by atoms with E-state index in [0.717, 1.165) is 16.5 Å². The number of benzene rings is 1. The second kappa shape index (κ2) is 5.85. The van der Waals surface area contributed by atoms with Gasteiger partial charge in [-0.3, -0.25) is 4.79 Å². The molecule has 98 valence electrons. The largest absolute Gasteiger partial charge is 0.395 e. The molecule has 1 aliphatic carbocycles. The van der Waals surface area contributed by atoms with Gasteiger partial charge in [0, 0.05) is 23.5 Å². The summed E-state index contributed by atoms with van der Waals surface area (Å²) in [5, 5.41) is 9.08. The fraction of sp³-hybridized carbons (Fsp3) is 0.500. The first kappa shape index (κ1) is 13.6. The Morgan fingerprint density at radius 3 is 2.83 bits per heavy atom. The Balaban J connectivity index is 2.04. The summed E-state index contributed by atoms with van der Waals surface area (Å²) in [6, 6.07) is 7.93. The predicted molar refractivity (Wildman–Crippen MR) is 73.9 cm³/mol. The van der Waals surface area contributed by atoms with Gasteiger partial charge in [0.15, 0.2) is 0 Å². The van der Waals surface area contributed by atoms with Crippen LogP contribution in [0.15, 0.2) is 28.7 Å². The zero-order valence-electron chi connectivity index (χ0n) is 10.5. The third-order valence-electron chi connectivity index (χ3n) is 3.37. The molecule has 0 spiro atoms. The fourth-order valence-corrected chi connectivity index (χ4v) is 2.59. The zero-order chi connectivity index (χ0) is 13.1. The van der Waals surface area contributed by atoms with Crippen molar-refractivity contribution in [2.24, 2.45) is 11.8 Å².